The number of nitrogens with one attached hydrogen (secondary N) is 2. The summed E-state index contributed by atoms with van der Waals surface area (Å²) in [5.74, 6) is 0.415. The molecule has 1 amide bonds. The Morgan fingerprint density at radius 3 is 2.48 bits per heavy atom. The summed E-state index contributed by atoms with van der Waals surface area (Å²) in [4.78, 5) is 16.5. The van der Waals surface area contributed by atoms with Crippen LogP contribution < -0.4 is 10.6 Å². The summed E-state index contributed by atoms with van der Waals surface area (Å²) in [6.45, 7) is 2.03. The lowest BCUT2D eigenvalue weighted by Crippen LogP contribution is -2.12. The van der Waals surface area contributed by atoms with Crippen LogP contribution in [-0.2, 0) is 0 Å². The van der Waals surface area contributed by atoms with Crippen molar-refractivity contribution in [3.05, 3.63) is 82.0 Å². The van der Waals surface area contributed by atoms with E-state index < -0.39 is 0 Å². The van der Waals surface area contributed by atoms with Gasteiger partial charge in [0.05, 0.1) is 21.9 Å². The van der Waals surface area contributed by atoms with Gasteiger partial charge in [-0.15, -0.1) is 0 Å². The molecule has 0 atom stereocenters. The summed E-state index contributed by atoms with van der Waals surface area (Å²) >= 11 is 11.8. The third-order valence-electron chi connectivity index (χ3n) is 3.49. The standard InChI is InChI=1S/C19H15Cl2N3O/c1-12-3-2-4-14(9-12)23-18-8-6-15(11-22-18)24-19(25)13-5-7-16(20)17(21)10-13/h2-11H,1H3,(H,22,23)(H,24,25). The lowest BCUT2D eigenvalue weighted by Gasteiger charge is -2.09. The number of pyridine rings is 1. The predicted molar refractivity (Wildman–Crippen MR) is 103 cm³/mol. The molecule has 4 nitrogen and oxygen atoms in total. The smallest absolute Gasteiger partial charge is 0.255 e. The molecule has 3 rings (SSSR count). The molecule has 25 heavy (non-hydrogen) atoms. The van der Waals surface area contributed by atoms with Crippen LogP contribution in [0.4, 0.5) is 17.2 Å². The second-order valence-electron chi connectivity index (χ2n) is 5.51. The number of amides is 1. The first-order valence-corrected chi connectivity index (χ1v) is 8.33. The molecule has 0 bridgehead atoms. The van der Waals surface area contributed by atoms with E-state index in [1.54, 1.807) is 30.5 Å². The molecule has 0 radical (unpaired) electrons. The summed E-state index contributed by atoms with van der Waals surface area (Å²) in [5, 5.41) is 6.74. The Balaban J connectivity index is 1.67. The summed E-state index contributed by atoms with van der Waals surface area (Å²) in [6, 6.07) is 16.3. The number of aryl methyl sites for hydroxylation is 1. The minimum atomic E-state index is -0.278. The van der Waals surface area contributed by atoms with Crippen molar-refractivity contribution in [1.82, 2.24) is 4.98 Å². The zero-order chi connectivity index (χ0) is 17.8. The topological polar surface area (TPSA) is 54.0 Å². The average molecular weight is 372 g/mol. The quantitative estimate of drug-likeness (QED) is 0.618. The molecule has 6 heteroatoms. The van der Waals surface area contributed by atoms with E-state index in [4.69, 9.17) is 23.2 Å². The van der Waals surface area contributed by atoms with Crippen molar-refractivity contribution in [1.29, 1.82) is 0 Å². The van der Waals surface area contributed by atoms with Gasteiger partial charge in [-0.2, -0.15) is 0 Å². The van der Waals surface area contributed by atoms with E-state index >= 15 is 0 Å². The molecule has 1 aromatic heterocycles. The number of carbonyl (C=O) groups excluding carboxylic acids is 1. The first kappa shape index (κ1) is 17.3. The first-order chi connectivity index (χ1) is 12.0. The molecule has 2 N–H and O–H groups in total. The van der Waals surface area contributed by atoms with Crippen molar-refractivity contribution >= 4 is 46.3 Å². The molecular weight excluding hydrogens is 357 g/mol. The summed E-state index contributed by atoms with van der Waals surface area (Å²) in [6.07, 6.45) is 1.59. The maximum absolute atomic E-state index is 12.2. The molecule has 3 aromatic rings. The predicted octanol–water partition coefficient (Wildman–Crippen LogP) is 5.69. The second-order valence-corrected chi connectivity index (χ2v) is 6.32. The third-order valence-corrected chi connectivity index (χ3v) is 4.23. The molecule has 0 unspecified atom stereocenters. The fourth-order valence-corrected chi connectivity index (χ4v) is 2.55. The highest BCUT2D eigenvalue weighted by Crippen LogP contribution is 2.23. The molecule has 0 aliphatic heterocycles. The lowest BCUT2D eigenvalue weighted by molar-refractivity contribution is 0.102. The molecule has 0 aliphatic carbocycles. The van der Waals surface area contributed by atoms with Gasteiger partial charge in [-0.3, -0.25) is 4.79 Å². The van der Waals surface area contributed by atoms with E-state index in [-0.39, 0.29) is 5.91 Å². The number of hydrogen-bond donors (Lipinski definition) is 2. The molecule has 0 saturated carbocycles. The van der Waals surface area contributed by atoms with Gasteiger partial charge >= 0.3 is 0 Å². The number of rotatable bonds is 4. The summed E-state index contributed by atoms with van der Waals surface area (Å²) < 4.78 is 0. The van der Waals surface area contributed by atoms with Gasteiger partial charge in [-0.1, -0.05) is 35.3 Å². The summed E-state index contributed by atoms with van der Waals surface area (Å²) in [5.41, 5.74) is 3.14. The number of hydrogen-bond acceptors (Lipinski definition) is 3. The molecule has 0 saturated heterocycles. The molecule has 1 heterocycles. The van der Waals surface area contributed by atoms with Crippen LogP contribution >= 0.6 is 23.2 Å². The Hall–Kier alpha value is -2.56. The van der Waals surface area contributed by atoms with Gasteiger partial charge in [0, 0.05) is 11.3 Å². The van der Waals surface area contributed by atoms with Gasteiger partial charge in [0.15, 0.2) is 0 Å². The lowest BCUT2D eigenvalue weighted by atomic mass is 10.2. The van der Waals surface area contributed by atoms with Crippen molar-refractivity contribution in [3.63, 3.8) is 0 Å². The number of aromatic nitrogens is 1. The van der Waals surface area contributed by atoms with Gasteiger partial charge in [-0.05, 0) is 55.0 Å². The monoisotopic (exact) mass is 371 g/mol. The fourth-order valence-electron chi connectivity index (χ4n) is 2.25. The molecule has 0 aliphatic rings. The molecule has 2 aromatic carbocycles. The van der Waals surface area contributed by atoms with E-state index in [2.05, 4.69) is 15.6 Å². The van der Waals surface area contributed by atoms with Crippen molar-refractivity contribution in [3.8, 4) is 0 Å². The van der Waals surface area contributed by atoms with Crippen LogP contribution in [0.3, 0.4) is 0 Å². The molecule has 126 valence electrons. The highest BCUT2D eigenvalue weighted by molar-refractivity contribution is 6.42. The van der Waals surface area contributed by atoms with E-state index in [1.165, 1.54) is 6.07 Å². The van der Waals surface area contributed by atoms with Crippen molar-refractivity contribution in [2.24, 2.45) is 0 Å². The van der Waals surface area contributed by atoms with Crippen molar-refractivity contribution < 1.29 is 4.79 Å². The third kappa shape index (κ3) is 4.50. The number of nitrogens with zero attached hydrogens (tertiary/aromatic N) is 1. The van der Waals surface area contributed by atoms with Gasteiger partial charge in [0.25, 0.3) is 5.91 Å². The van der Waals surface area contributed by atoms with Crippen LogP contribution in [0, 0.1) is 6.92 Å². The van der Waals surface area contributed by atoms with Crippen molar-refractivity contribution in [2.45, 2.75) is 6.92 Å². The second kappa shape index (κ2) is 7.55. The van der Waals surface area contributed by atoms with E-state index in [0.717, 1.165) is 11.3 Å². The van der Waals surface area contributed by atoms with E-state index in [1.807, 2.05) is 31.2 Å². The Bertz CT molecular complexity index is 911. The summed E-state index contributed by atoms with van der Waals surface area (Å²) in [7, 11) is 0. The maximum Gasteiger partial charge on any atom is 0.255 e. The zero-order valence-corrected chi connectivity index (χ0v) is 14.9. The molecular formula is C19H15Cl2N3O. The Kier molecular flexibility index (Phi) is 5.22. The van der Waals surface area contributed by atoms with E-state index in [9.17, 15) is 4.79 Å². The fraction of sp³-hybridized carbons (Fsp3) is 0.0526. The van der Waals surface area contributed by atoms with Crippen LogP contribution in [0.5, 0.6) is 0 Å². The average Bonchev–Trinajstić information content (AvgIpc) is 2.59. The van der Waals surface area contributed by atoms with Gasteiger partial charge in [-0.25, -0.2) is 4.98 Å². The highest BCUT2D eigenvalue weighted by atomic mass is 35.5. The number of anilines is 3. The van der Waals surface area contributed by atoms with Gasteiger partial charge in [0.1, 0.15) is 5.82 Å². The van der Waals surface area contributed by atoms with Crippen molar-refractivity contribution in [2.75, 3.05) is 10.6 Å². The highest BCUT2D eigenvalue weighted by Gasteiger charge is 2.09. The van der Waals surface area contributed by atoms with Crippen LogP contribution in [0.1, 0.15) is 15.9 Å². The van der Waals surface area contributed by atoms with Gasteiger partial charge in [0.2, 0.25) is 0 Å². The normalized spacial score (nSPS) is 10.4. The molecule has 0 spiro atoms. The minimum Gasteiger partial charge on any atom is -0.340 e. The van der Waals surface area contributed by atoms with Crippen LogP contribution in [0.2, 0.25) is 10.0 Å². The number of halogens is 2. The SMILES string of the molecule is Cc1cccc(Nc2ccc(NC(=O)c3ccc(Cl)c(Cl)c3)cn2)c1. The maximum atomic E-state index is 12.2. The van der Waals surface area contributed by atoms with Crippen LogP contribution in [0.25, 0.3) is 0 Å². The van der Waals surface area contributed by atoms with Crippen LogP contribution in [-0.4, -0.2) is 10.9 Å². The Morgan fingerprint density at radius 2 is 1.80 bits per heavy atom. The minimum absolute atomic E-state index is 0.278. The number of benzene rings is 2. The zero-order valence-electron chi connectivity index (χ0n) is 13.4. The van der Waals surface area contributed by atoms with Crippen LogP contribution in [0.15, 0.2) is 60.8 Å². The Morgan fingerprint density at radius 1 is 0.960 bits per heavy atom. The largest absolute Gasteiger partial charge is 0.340 e. The van der Waals surface area contributed by atoms with E-state index in [0.29, 0.717) is 27.1 Å². The number of carbonyl (C=O) groups is 1. The first-order valence-electron chi connectivity index (χ1n) is 7.57. The Labute approximate surface area is 155 Å². The molecule has 0 fully saturated rings. The van der Waals surface area contributed by atoms with Gasteiger partial charge < -0.3 is 10.6 Å².